The van der Waals surface area contributed by atoms with Gasteiger partial charge in [0, 0.05) is 6.54 Å². The lowest BCUT2D eigenvalue weighted by molar-refractivity contribution is 0.0873. The van der Waals surface area contributed by atoms with Crippen molar-refractivity contribution in [3.63, 3.8) is 0 Å². The second-order valence-corrected chi connectivity index (χ2v) is 5.82. The monoisotopic (exact) mass is 275 g/mol. The summed E-state index contributed by atoms with van der Waals surface area (Å²) in [4.78, 5) is 11.7. The van der Waals surface area contributed by atoms with Gasteiger partial charge in [-0.1, -0.05) is 17.8 Å². The van der Waals surface area contributed by atoms with E-state index >= 15 is 0 Å². The highest BCUT2D eigenvalue weighted by Gasteiger charge is 2.21. The third kappa shape index (κ3) is 3.62. The van der Waals surface area contributed by atoms with Gasteiger partial charge in [0.1, 0.15) is 0 Å². The molecule has 0 aromatic carbocycles. The van der Waals surface area contributed by atoms with Crippen molar-refractivity contribution in [3.8, 4) is 0 Å². The zero-order valence-electron chi connectivity index (χ0n) is 9.23. The molecule has 2 unspecified atom stereocenters. The smallest absolute Gasteiger partial charge is 0.282 e. The van der Waals surface area contributed by atoms with Crippen LogP contribution in [-0.4, -0.2) is 33.9 Å². The molecule has 94 valence electrons. The maximum atomic E-state index is 11.7. The molecule has 0 radical (unpaired) electrons. The normalized spacial score (nSPS) is 24.6. The summed E-state index contributed by atoms with van der Waals surface area (Å²) >= 11 is 6.67. The second-order valence-electron chi connectivity index (χ2n) is 4.26. The van der Waals surface area contributed by atoms with Gasteiger partial charge < -0.3 is 10.4 Å². The van der Waals surface area contributed by atoms with E-state index in [9.17, 15) is 9.90 Å². The Labute approximate surface area is 108 Å². The lowest BCUT2D eigenvalue weighted by Gasteiger charge is -2.25. The fraction of sp³-hybridized carbons (Fsp3) is 0.700. The molecule has 17 heavy (non-hydrogen) atoms. The van der Waals surface area contributed by atoms with Gasteiger partial charge in [-0.25, -0.2) is 0 Å². The molecular weight excluding hydrogens is 262 g/mol. The number of nitrogens with zero attached hydrogens (tertiary/aromatic N) is 2. The van der Waals surface area contributed by atoms with E-state index in [-0.39, 0.29) is 21.5 Å². The minimum absolute atomic E-state index is 0.221. The zero-order chi connectivity index (χ0) is 12.3. The minimum Gasteiger partial charge on any atom is -0.393 e. The number of aliphatic hydroxyl groups is 1. The van der Waals surface area contributed by atoms with E-state index in [4.69, 9.17) is 11.6 Å². The summed E-state index contributed by atoms with van der Waals surface area (Å²) in [6.45, 7) is 0.576. The van der Waals surface area contributed by atoms with Crippen LogP contribution >= 0.6 is 22.9 Å². The Balaban J connectivity index is 1.80. The van der Waals surface area contributed by atoms with Gasteiger partial charge in [0.15, 0.2) is 0 Å². The number of nitrogens with one attached hydrogen (secondary N) is 1. The van der Waals surface area contributed by atoms with Crippen molar-refractivity contribution in [2.45, 2.75) is 31.8 Å². The molecule has 1 saturated carbocycles. The molecule has 2 N–H and O–H groups in total. The maximum absolute atomic E-state index is 11.7. The van der Waals surface area contributed by atoms with Crippen molar-refractivity contribution in [3.05, 3.63) is 9.47 Å². The second kappa shape index (κ2) is 5.75. The van der Waals surface area contributed by atoms with Crippen LogP contribution in [0.4, 0.5) is 0 Å². The van der Waals surface area contributed by atoms with E-state index in [1.165, 1.54) is 0 Å². The van der Waals surface area contributed by atoms with Gasteiger partial charge in [-0.2, -0.15) is 0 Å². The quantitative estimate of drug-likeness (QED) is 0.876. The van der Waals surface area contributed by atoms with Crippen LogP contribution < -0.4 is 5.32 Å². The molecule has 1 aromatic heterocycles. The molecule has 0 bridgehead atoms. The van der Waals surface area contributed by atoms with Crippen molar-refractivity contribution in [1.29, 1.82) is 0 Å². The van der Waals surface area contributed by atoms with Crippen LogP contribution in [0.5, 0.6) is 0 Å². The number of carbonyl (C=O) groups excluding carboxylic acids is 1. The van der Waals surface area contributed by atoms with Crippen LogP contribution in [0.2, 0.25) is 4.47 Å². The number of rotatable bonds is 3. The zero-order valence-corrected chi connectivity index (χ0v) is 10.8. The van der Waals surface area contributed by atoms with E-state index in [2.05, 4.69) is 15.5 Å². The molecule has 1 heterocycles. The average Bonchev–Trinajstić information content (AvgIpc) is 2.73. The summed E-state index contributed by atoms with van der Waals surface area (Å²) in [6.07, 6.45) is 3.48. The molecule has 0 spiro atoms. The molecule has 7 heteroatoms. The van der Waals surface area contributed by atoms with Crippen molar-refractivity contribution < 1.29 is 9.90 Å². The molecule has 1 aliphatic rings. The van der Waals surface area contributed by atoms with Gasteiger partial charge >= 0.3 is 0 Å². The Morgan fingerprint density at radius 3 is 3.00 bits per heavy atom. The maximum Gasteiger partial charge on any atom is 0.282 e. The molecular formula is C10H14ClN3O2S. The molecule has 1 aliphatic carbocycles. The van der Waals surface area contributed by atoms with Crippen LogP contribution in [-0.2, 0) is 0 Å². The fourth-order valence-electron chi connectivity index (χ4n) is 2.06. The van der Waals surface area contributed by atoms with E-state index in [0.29, 0.717) is 12.5 Å². The lowest BCUT2D eigenvalue weighted by Crippen LogP contribution is -2.32. The Morgan fingerprint density at radius 1 is 1.53 bits per heavy atom. The highest BCUT2D eigenvalue weighted by Crippen LogP contribution is 2.23. The summed E-state index contributed by atoms with van der Waals surface area (Å²) in [5.41, 5.74) is 0. The lowest BCUT2D eigenvalue weighted by atomic mass is 9.87. The molecule has 1 aromatic rings. The van der Waals surface area contributed by atoms with Gasteiger partial charge in [0.25, 0.3) is 5.91 Å². The highest BCUT2D eigenvalue weighted by atomic mass is 35.5. The number of hydrogen-bond acceptors (Lipinski definition) is 5. The Hall–Kier alpha value is -0.720. The van der Waals surface area contributed by atoms with Crippen LogP contribution in [0.1, 0.15) is 35.5 Å². The van der Waals surface area contributed by atoms with Gasteiger partial charge in [-0.05, 0) is 36.8 Å². The third-order valence-electron chi connectivity index (χ3n) is 2.90. The van der Waals surface area contributed by atoms with Crippen molar-refractivity contribution >= 4 is 28.8 Å². The van der Waals surface area contributed by atoms with E-state index in [1.807, 2.05) is 0 Å². The summed E-state index contributed by atoms with van der Waals surface area (Å²) in [5, 5.41) is 19.8. The van der Waals surface area contributed by atoms with Crippen LogP contribution in [0.3, 0.4) is 0 Å². The molecule has 1 fully saturated rings. The minimum atomic E-state index is -0.241. The molecule has 2 atom stereocenters. The first-order valence-corrected chi connectivity index (χ1v) is 6.80. The fourth-order valence-corrected chi connectivity index (χ4v) is 2.80. The SMILES string of the molecule is O=C(NCC1CCCC(O)C1)c1nnc(Cl)s1. The molecule has 0 aliphatic heterocycles. The van der Waals surface area contributed by atoms with Crippen LogP contribution in [0.25, 0.3) is 0 Å². The van der Waals surface area contributed by atoms with E-state index in [1.54, 1.807) is 0 Å². The van der Waals surface area contributed by atoms with Crippen molar-refractivity contribution in [1.82, 2.24) is 15.5 Å². The third-order valence-corrected chi connectivity index (χ3v) is 3.92. The van der Waals surface area contributed by atoms with Crippen molar-refractivity contribution in [2.75, 3.05) is 6.54 Å². The van der Waals surface area contributed by atoms with Gasteiger partial charge in [0.2, 0.25) is 9.47 Å². The predicted octanol–water partition coefficient (Wildman–Crippen LogP) is 1.47. The largest absolute Gasteiger partial charge is 0.393 e. The standard InChI is InChI=1S/C10H14ClN3O2S/c11-10-14-13-9(17-10)8(16)12-5-6-2-1-3-7(15)4-6/h6-7,15H,1-5H2,(H,12,16). The number of amides is 1. The Morgan fingerprint density at radius 2 is 2.35 bits per heavy atom. The molecule has 0 saturated heterocycles. The summed E-state index contributed by atoms with van der Waals surface area (Å²) in [6, 6.07) is 0. The molecule has 2 rings (SSSR count). The molecule has 1 amide bonds. The van der Waals surface area contributed by atoms with Gasteiger partial charge in [0.05, 0.1) is 6.10 Å². The molecule has 5 nitrogen and oxygen atoms in total. The Bertz CT molecular complexity index is 399. The van der Waals surface area contributed by atoms with Gasteiger partial charge in [-0.3, -0.25) is 4.79 Å². The topological polar surface area (TPSA) is 75.1 Å². The number of carbonyl (C=O) groups is 1. The summed E-state index contributed by atoms with van der Waals surface area (Å²) < 4.78 is 0.267. The highest BCUT2D eigenvalue weighted by molar-refractivity contribution is 7.17. The summed E-state index contributed by atoms with van der Waals surface area (Å²) in [5.74, 6) is 0.112. The number of halogens is 1. The first-order valence-electron chi connectivity index (χ1n) is 5.60. The number of aromatic nitrogens is 2. The van der Waals surface area contributed by atoms with Crippen molar-refractivity contribution in [2.24, 2.45) is 5.92 Å². The first kappa shape index (κ1) is 12.7. The van der Waals surface area contributed by atoms with Crippen LogP contribution in [0.15, 0.2) is 0 Å². The van der Waals surface area contributed by atoms with E-state index in [0.717, 1.165) is 37.0 Å². The predicted molar refractivity (Wildman–Crippen MR) is 65.2 cm³/mol. The first-order chi connectivity index (χ1) is 8.15. The number of hydrogen-bond donors (Lipinski definition) is 2. The average molecular weight is 276 g/mol. The Kier molecular flexibility index (Phi) is 4.31. The number of aliphatic hydroxyl groups excluding tert-OH is 1. The van der Waals surface area contributed by atoms with E-state index < -0.39 is 0 Å². The summed E-state index contributed by atoms with van der Waals surface area (Å²) in [7, 11) is 0. The van der Waals surface area contributed by atoms with Gasteiger partial charge in [-0.15, -0.1) is 10.2 Å². The van der Waals surface area contributed by atoms with Crippen LogP contribution in [0, 0.1) is 5.92 Å².